The van der Waals surface area contributed by atoms with Crippen LogP contribution in [-0.2, 0) is 4.74 Å². The van der Waals surface area contributed by atoms with E-state index >= 15 is 0 Å². The summed E-state index contributed by atoms with van der Waals surface area (Å²) in [7, 11) is 1.66. The number of guanidine groups is 1. The molecule has 0 spiro atoms. The van der Waals surface area contributed by atoms with Crippen LogP contribution in [0.15, 0.2) is 29.3 Å². The number of halogens is 1. The Bertz CT molecular complexity index is 655. The van der Waals surface area contributed by atoms with Crippen LogP contribution in [0, 0.1) is 5.92 Å². The van der Waals surface area contributed by atoms with Crippen molar-refractivity contribution in [3.8, 4) is 11.5 Å². The lowest BCUT2D eigenvalue weighted by Crippen LogP contribution is -2.42. The van der Waals surface area contributed by atoms with Gasteiger partial charge in [-0.2, -0.15) is 0 Å². The summed E-state index contributed by atoms with van der Waals surface area (Å²) in [5.41, 5.74) is 0. The molecular formula is C22H37IN4O3. The molecule has 2 fully saturated rings. The van der Waals surface area contributed by atoms with Gasteiger partial charge in [0.05, 0.1) is 26.9 Å². The lowest BCUT2D eigenvalue weighted by molar-refractivity contribution is 0.0315. The van der Waals surface area contributed by atoms with E-state index in [1.54, 1.807) is 7.11 Å². The maximum absolute atomic E-state index is 6.05. The predicted octanol–water partition coefficient (Wildman–Crippen LogP) is 2.70. The molecule has 8 heteroatoms. The molecule has 2 atom stereocenters. The minimum absolute atomic E-state index is 0. The van der Waals surface area contributed by atoms with E-state index in [2.05, 4.69) is 22.0 Å². The predicted molar refractivity (Wildman–Crippen MR) is 131 cm³/mol. The van der Waals surface area contributed by atoms with Crippen molar-refractivity contribution in [2.45, 2.75) is 26.4 Å². The molecule has 0 aliphatic carbocycles. The molecule has 7 nitrogen and oxygen atoms in total. The van der Waals surface area contributed by atoms with Gasteiger partial charge in [-0.15, -0.1) is 24.0 Å². The third-order valence-corrected chi connectivity index (χ3v) is 5.44. The number of para-hydroxylation sites is 2. The number of aliphatic imine (C=N–C) groups is 1. The van der Waals surface area contributed by atoms with Gasteiger partial charge in [-0.05, 0) is 38.3 Å². The van der Waals surface area contributed by atoms with Crippen LogP contribution in [0.4, 0.5) is 0 Å². The first kappa shape index (κ1) is 25.0. The molecule has 170 valence electrons. The number of nitrogens with one attached hydrogen (secondary N) is 1. The van der Waals surface area contributed by atoms with E-state index in [4.69, 9.17) is 19.2 Å². The molecule has 2 heterocycles. The number of hydrogen-bond acceptors (Lipinski definition) is 5. The van der Waals surface area contributed by atoms with Gasteiger partial charge in [-0.25, -0.2) is 4.99 Å². The summed E-state index contributed by atoms with van der Waals surface area (Å²) in [4.78, 5) is 9.79. The van der Waals surface area contributed by atoms with Gasteiger partial charge < -0.3 is 24.4 Å². The van der Waals surface area contributed by atoms with Crippen LogP contribution in [0.3, 0.4) is 0 Å². The van der Waals surface area contributed by atoms with E-state index in [0.717, 1.165) is 69.9 Å². The lowest BCUT2D eigenvalue weighted by Gasteiger charge is -2.29. The zero-order valence-electron chi connectivity index (χ0n) is 18.5. The largest absolute Gasteiger partial charge is 0.493 e. The Morgan fingerprint density at radius 3 is 2.67 bits per heavy atom. The van der Waals surface area contributed by atoms with Crippen molar-refractivity contribution in [2.24, 2.45) is 10.9 Å². The maximum atomic E-state index is 6.05. The van der Waals surface area contributed by atoms with Gasteiger partial charge in [-0.3, -0.25) is 4.90 Å². The summed E-state index contributed by atoms with van der Waals surface area (Å²) in [6.45, 7) is 12.8. The Labute approximate surface area is 198 Å². The topological polar surface area (TPSA) is 58.6 Å². The number of ether oxygens (including phenoxy) is 3. The molecule has 0 aromatic heterocycles. The highest BCUT2D eigenvalue weighted by atomic mass is 127. The minimum atomic E-state index is -0.0355. The van der Waals surface area contributed by atoms with E-state index in [1.165, 1.54) is 6.42 Å². The SMILES string of the molecule is CCNC(=NCC(C)Oc1ccccc1OC)N1CCC(CN2CCOCC2)C1.I. The first-order valence-electron chi connectivity index (χ1n) is 10.8. The third kappa shape index (κ3) is 7.46. The number of likely N-dealkylation sites (tertiary alicyclic amines) is 1. The average Bonchev–Trinajstić information content (AvgIpc) is 3.20. The Balaban J connectivity index is 0.00000320. The van der Waals surface area contributed by atoms with Crippen LogP contribution < -0.4 is 14.8 Å². The highest BCUT2D eigenvalue weighted by Crippen LogP contribution is 2.26. The van der Waals surface area contributed by atoms with E-state index in [-0.39, 0.29) is 30.1 Å². The molecule has 2 unspecified atom stereocenters. The Morgan fingerprint density at radius 1 is 1.23 bits per heavy atom. The van der Waals surface area contributed by atoms with Crippen molar-refractivity contribution in [1.82, 2.24) is 15.1 Å². The second-order valence-electron chi connectivity index (χ2n) is 7.79. The van der Waals surface area contributed by atoms with Crippen LogP contribution in [0.5, 0.6) is 11.5 Å². The van der Waals surface area contributed by atoms with Gasteiger partial charge in [0.2, 0.25) is 0 Å². The molecule has 3 rings (SSSR count). The molecule has 0 bridgehead atoms. The fourth-order valence-corrected chi connectivity index (χ4v) is 3.93. The number of hydrogen-bond donors (Lipinski definition) is 1. The smallest absolute Gasteiger partial charge is 0.194 e. The fourth-order valence-electron chi connectivity index (χ4n) is 3.93. The summed E-state index contributed by atoms with van der Waals surface area (Å²) in [6.07, 6.45) is 1.18. The summed E-state index contributed by atoms with van der Waals surface area (Å²) in [6, 6.07) is 7.74. The van der Waals surface area contributed by atoms with Crippen LogP contribution in [0.1, 0.15) is 20.3 Å². The fraction of sp³-hybridized carbons (Fsp3) is 0.682. The van der Waals surface area contributed by atoms with E-state index in [9.17, 15) is 0 Å². The molecule has 0 radical (unpaired) electrons. The van der Waals surface area contributed by atoms with Crippen LogP contribution in [0.25, 0.3) is 0 Å². The zero-order valence-corrected chi connectivity index (χ0v) is 20.8. The molecule has 1 N–H and O–H groups in total. The van der Waals surface area contributed by atoms with Crippen molar-refractivity contribution < 1.29 is 14.2 Å². The van der Waals surface area contributed by atoms with E-state index in [0.29, 0.717) is 12.5 Å². The second kappa shape index (κ2) is 13.2. The second-order valence-corrected chi connectivity index (χ2v) is 7.79. The minimum Gasteiger partial charge on any atom is -0.493 e. The van der Waals surface area contributed by atoms with Crippen LogP contribution in [0.2, 0.25) is 0 Å². The Kier molecular flexibility index (Phi) is 11.0. The van der Waals surface area contributed by atoms with Gasteiger partial charge >= 0.3 is 0 Å². The number of rotatable bonds is 8. The summed E-state index contributed by atoms with van der Waals surface area (Å²) in [5.74, 6) is 3.20. The van der Waals surface area contributed by atoms with Crippen molar-refractivity contribution in [3.63, 3.8) is 0 Å². The molecular weight excluding hydrogens is 495 g/mol. The normalized spacial score (nSPS) is 21.1. The molecule has 1 aromatic carbocycles. The molecule has 0 amide bonds. The highest BCUT2D eigenvalue weighted by molar-refractivity contribution is 14.0. The Hall–Kier alpha value is -1.26. The highest BCUT2D eigenvalue weighted by Gasteiger charge is 2.27. The van der Waals surface area contributed by atoms with Gasteiger partial charge in [0.15, 0.2) is 17.5 Å². The molecule has 1 aromatic rings. The lowest BCUT2D eigenvalue weighted by atomic mass is 10.1. The van der Waals surface area contributed by atoms with Crippen molar-refractivity contribution >= 4 is 29.9 Å². The first-order chi connectivity index (χ1) is 14.2. The molecule has 2 aliphatic rings. The first-order valence-corrected chi connectivity index (χ1v) is 10.8. The third-order valence-electron chi connectivity index (χ3n) is 5.44. The number of benzene rings is 1. The van der Waals surface area contributed by atoms with Crippen molar-refractivity contribution in [3.05, 3.63) is 24.3 Å². The zero-order chi connectivity index (χ0) is 20.5. The number of methoxy groups -OCH3 is 1. The molecule has 2 aliphatic heterocycles. The molecule has 30 heavy (non-hydrogen) atoms. The van der Waals surface area contributed by atoms with Crippen molar-refractivity contribution in [1.29, 1.82) is 0 Å². The van der Waals surface area contributed by atoms with Crippen LogP contribution in [-0.4, -0.2) is 88.0 Å². The van der Waals surface area contributed by atoms with Gasteiger partial charge in [0.1, 0.15) is 6.10 Å². The summed E-state index contributed by atoms with van der Waals surface area (Å²) in [5, 5.41) is 3.45. The van der Waals surface area contributed by atoms with Crippen LogP contribution >= 0.6 is 24.0 Å². The van der Waals surface area contributed by atoms with Gasteiger partial charge in [0, 0.05) is 39.3 Å². The van der Waals surface area contributed by atoms with Crippen molar-refractivity contribution in [2.75, 3.05) is 66.1 Å². The quantitative estimate of drug-likeness (QED) is 0.316. The van der Waals surface area contributed by atoms with E-state index < -0.39 is 0 Å². The molecule has 0 saturated carbocycles. The summed E-state index contributed by atoms with van der Waals surface area (Å²) < 4.78 is 16.9. The number of morpholine rings is 1. The number of nitrogens with zero attached hydrogens (tertiary/aromatic N) is 3. The molecule has 2 saturated heterocycles. The standard InChI is InChI=1S/C22H36N4O3.HI/c1-4-23-22(24-15-18(2)29-21-8-6-5-7-20(21)27-3)26-10-9-19(17-26)16-25-11-13-28-14-12-25;/h5-8,18-19H,4,9-17H2,1-3H3,(H,23,24);1H. The van der Waals surface area contributed by atoms with Gasteiger partial charge in [0.25, 0.3) is 0 Å². The van der Waals surface area contributed by atoms with E-state index in [1.807, 2.05) is 31.2 Å². The average molecular weight is 532 g/mol. The Morgan fingerprint density at radius 2 is 1.97 bits per heavy atom. The van der Waals surface area contributed by atoms with Gasteiger partial charge in [-0.1, -0.05) is 12.1 Å². The maximum Gasteiger partial charge on any atom is 0.194 e. The summed E-state index contributed by atoms with van der Waals surface area (Å²) >= 11 is 0. The monoisotopic (exact) mass is 532 g/mol.